The third kappa shape index (κ3) is 5.86. The van der Waals surface area contributed by atoms with E-state index in [1.165, 1.54) is 0 Å². The zero-order valence-electron chi connectivity index (χ0n) is 11.7. The molecule has 0 heterocycles. The summed E-state index contributed by atoms with van der Waals surface area (Å²) in [4.78, 5) is 0. The number of aliphatic hydroxyl groups excluding tert-OH is 1. The average molecular weight is 258 g/mol. The van der Waals surface area contributed by atoms with Gasteiger partial charge in [-0.05, 0) is 23.8 Å². The van der Waals surface area contributed by atoms with Crippen molar-refractivity contribution in [1.29, 1.82) is 0 Å². The molecule has 1 aromatic carbocycles. The number of aliphatic hydroxyl groups is 1. The number of benzene rings is 1. The molecular weight excluding hydrogens is 236 g/mol. The summed E-state index contributed by atoms with van der Waals surface area (Å²) in [5.74, 6) is 0. The highest BCUT2D eigenvalue weighted by molar-refractivity contribution is 6.80. The molecule has 2 heteroatoms. The molecule has 1 atom stereocenters. The van der Waals surface area contributed by atoms with Crippen molar-refractivity contribution in [1.82, 2.24) is 0 Å². The van der Waals surface area contributed by atoms with Crippen molar-refractivity contribution in [3.63, 3.8) is 0 Å². The van der Waals surface area contributed by atoms with Gasteiger partial charge in [-0.3, -0.25) is 0 Å². The number of hydrogen-bond acceptors (Lipinski definition) is 1. The molecule has 0 unspecified atom stereocenters. The quantitative estimate of drug-likeness (QED) is 0.632. The van der Waals surface area contributed by atoms with Gasteiger partial charge in [0.25, 0.3) is 0 Å². The molecule has 0 aliphatic rings. The second-order valence-electron chi connectivity index (χ2n) is 5.69. The molecule has 0 spiro atoms. The average Bonchev–Trinajstić information content (AvgIpc) is 2.28. The first-order valence-corrected chi connectivity index (χ1v) is 9.87. The predicted octanol–water partition coefficient (Wildman–Crippen LogP) is 4.24. The summed E-state index contributed by atoms with van der Waals surface area (Å²) in [5.41, 5.74) is 10.4. The molecular formula is C16H22OSi. The highest BCUT2D eigenvalue weighted by Gasteiger charge is 2.07. The lowest BCUT2D eigenvalue weighted by atomic mass is 10.0. The van der Waals surface area contributed by atoms with Crippen LogP contribution in [0, 0.1) is 0 Å². The van der Waals surface area contributed by atoms with Crippen molar-refractivity contribution >= 4 is 8.07 Å². The lowest BCUT2D eigenvalue weighted by Crippen LogP contribution is -2.14. The van der Waals surface area contributed by atoms with Gasteiger partial charge < -0.3 is 5.11 Å². The predicted molar refractivity (Wildman–Crippen MR) is 80.1 cm³/mol. The van der Waals surface area contributed by atoms with Crippen molar-refractivity contribution in [2.24, 2.45) is 0 Å². The van der Waals surface area contributed by atoms with Crippen LogP contribution in [0.5, 0.6) is 0 Å². The molecule has 1 aromatic rings. The smallest absolute Gasteiger partial charge is 0.0833 e. The van der Waals surface area contributed by atoms with E-state index in [9.17, 15) is 5.11 Å². The van der Waals surface area contributed by atoms with Gasteiger partial charge in [-0.15, -0.1) is 0 Å². The molecule has 96 valence electrons. The zero-order valence-corrected chi connectivity index (χ0v) is 12.7. The Labute approximate surface area is 111 Å². The first kappa shape index (κ1) is 14.8. The minimum Gasteiger partial charge on any atom is -0.388 e. The number of rotatable bonds is 4. The fourth-order valence-corrected chi connectivity index (χ4v) is 2.02. The summed E-state index contributed by atoms with van der Waals surface area (Å²) in [6, 6.07) is 9.73. The molecule has 0 aliphatic heterocycles. The van der Waals surface area contributed by atoms with Crippen LogP contribution in [0.25, 0.3) is 0 Å². The van der Waals surface area contributed by atoms with E-state index in [4.69, 9.17) is 0 Å². The van der Waals surface area contributed by atoms with Gasteiger partial charge >= 0.3 is 0 Å². The maximum atomic E-state index is 10.1. The van der Waals surface area contributed by atoms with Gasteiger partial charge in [0.15, 0.2) is 0 Å². The van der Waals surface area contributed by atoms with Gasteiger partial charge in [-0.1, -0.05) is 61.4 Å². The van der Waals surface area contributed by atoms with Crippen LogP contribution in [0.4, 0.5) is 0 Å². The second-order valence-corrected chi connectivity index (χ2v) is 10.7. The third-order valence-corrected chi connectivity index (χ3v) is 3.48. The lowest BCUT2D eigenvalue weighted by molar-refractivity contribution is 0.178. The monoisotopic (exact) mass is 258 g/mol. The zero-order chi connectivity index (χ0) is 13.6. The standard InChI is InChI=1S/C16H22OSi/c1-14(9-8-12-18(2,3)4)13-16(17)15-10-6-5-7-11-15/h5-7,10-12,16-17H,13H2,1-4H3/t16-/m1/s1. The summed E-state index contributed by atoms with van der Waals surface area (Å²) in [7, 11) is -1.20. The molecule has 1 nitrogen and oxygen atoms in total. The van der Waals surface area contributed by atoms with E-state index in [0.29, 0.717) is 6.42 Å². The Kier molecular flexibility index (Phi) is 5.40. The number of hydrogen-bond donors (Lipinski definition) is 1. The van der Waals surface area contributed by atoms with Crippen molar-refractivity contribution in [3.05, 3.63) is 58.6 Å². The fraction of sp³-hybridized carbons (Fsp3) is 0.375. The van der Waals surface area contributed by atoms with Crippen LogP contribution in [0.3, 0.4) is 0 Å². The minimum atomic E-state index is -1.20. The molecule has 0 saturated carbocycles. The van der Waals surface area contributed by atoms with Gasteiger partial charge in [0.05, 0.1) is 14.2 Å². The van der Waals surface area contributed by atoms with E-state index >= 15 is 0 Å². The lowest BCUT2D eigenvalue weighted by Gasteiger charge is -2.09. The molecule has 18 heavy (non-hydrogen) atoms. The fourth-order valence-electron chi connectivity index (χ4n) is 1.51. The summed E-state index contributed by atoms with van der Waals surface area (Å²) in [6.45, 7) is 8.76. The molecule has 1 rings (SSSR count). The van der Waals surface area contributed by atoms with Gasteiger partial charge in [-0.2, -0.15) is 0 Å². The Morgan fingerprint density at radius 3 is 2.44 bits per heavy atom. The van der Waals surface area contributed by atoms with E-state index < -0.39 is 14.2 Å². The van der Waals surface area contributed by atoms with Crippen molar-refractivity contribution in [3.8, 4) is 0 Å². The summed E-state index contributed by atoms with van der Waals surface area (Å²) >= 11 is 0. The van der Waals surface area contributed by atoms with Gasteiger partial charge in [0.2, 0.25) is 0 Å². The molecule has 0 aromatic heterocycles. The molecule has 0 fully saturated rings. The summed E-state index contributed by atoms with van der Waals surface area (Å²) in [6.07, 6.45) is 0.156. The van der Waals surface area contributed by atoms with Crippen LogP contribution >= 0.6 is 0 Å². The van der Waals surface area contributed by atoms with Crippen LogP contribution in [-0.4, -0.2) is 13.2 Å². The van der Waals surface area contributed by atoms with Crippen LogP contribution in [0.2, 0.25) is 19.6 Å². The maximum Gasteiger partial charge on any atom is 0.0833 e. The third-order valence-electron chi connectivity index (χ3n) is 2.47. The van der Waals surface area contributed by atoms with Crippen molar-refractivity contribution in [2.75, 3.05) is 0 Å². The van der Waals surface area contributed by atoms with Gasteiger partial charge in [0.1, 0.15) is 0 Å². The van der Waals surface area contributed by atoms with Crippen LogP contribution < -0.4 is 0 Å². The minimum absolute atomic E-state index is 0.451. The Balaban J connectivity index is 2.74. The largest absolute Gasteiger partial charge is 0.388 e. The van der Waals surface area contributed by atoms with Gasteiger partial charge in [0, 0.05) is 6.42 Å². The topological polar surface area (TPSA) is 20.2 Å². The van der Waals surface area contributed by atoms with Crippen LogP contribution in [-0.2, 0) is 0 Å². The highest BCUT2D eigenvalue weighted by Crippen LogP contribution is 2.19. The molecule has 0 saturated heterocycles. The van der Waals surface area contributed by atoms with E-state index in [1.54, 1.807) is 0 Å². The Bertz CT molecular complexity index is 470. The van der Waals surface area contributed by atoms with E-state index in [-0.39, 0.29) is 0 Å². The summed E-state index contributed by atoms with van der Waals surface area (Å²) in [5, 5.41) is 10.1. The van der Waals surface area contributed by atoms with Crippen LogP contribution in [0.15, 0.2) is 53.1 Å². The molecule has 0 aliphatic carbocycles. The normalized spacial score (nSPS) is 12.3. The van der Waals surface area contributed by atoms with Gasteiger partial charge in [-0.25, -0.2) is 0 Å². The van der Waals surface area contributed by atoms with E-state index in [2.05, 4.69) is 36.8 Å². The highest BCUT2D eigenvalue weighted by atomic mass is 28.3. The summed E-state index contributed by atoms with van der Waals surface area (Å²) < 4.78 is 0. The van der Waals surface area contributed by atoms with Crippen LogP contribution in [0.1, 0.15) is 25.0 Å². The van der Waals surface area contributed by atoms with E-state index in [0.717, 1.165) is 11.1 Å². The van der Waals surface area contributed by atoms with Crippen molar-refractivity contribution in [2.45, 2.75) is 39.1 Å². The molecule has 0 radical (unpaired) electrons. The SMILES string of the molecule is CC(=C=C=C[Si](C)(C)C)C[C@@H](O)c1ccccc1. The molecule has 0 amide bonds. The Hall–Kier alpha value is -1.30. The maximum absolute atomic E-state index is 10.1. The first-order valence-electron chi connectivity index (χ1n) is 6.30. The second kappa shape index (κ2) is 6.58. The Morgan fingerprint density at radius 2 is 1.89 bits per heavy atom. The molecule has 1 N–H and O–H groups in total. The van der Waals surface area contributed by atoms with E-state index in [1.807, 2.05) is 37.3 Å². The first-order chi connectivity index (χ1) is 8.38. The van der Waals surface area contributed by atoms with Crippen molar-refractivity contribution < 1.29 is 5.11 Å². The Morgan fingerprint density at radius 1 is 1.28 bits per heavy atom. The molecule has 0 bridgehead atoms.